The highest BCUT2D eigenvalue weighted by molar-refractivity contribution is 6.33. The van der Waals surface area contributed by atoms with E-state index in [2.05, 4.69) is 5.32 Å². The highest BCUT2D eigenvalue weighted by Crippen LogP contribution is 2.28. The van der Waals surface area contributed by atoms with E-state index in [1.807, 2.05) is 44.2 Å². The second-order valence-corrected chi connectivity index (χ2v) is 4.98. The summed E-state index contributed by atoms with van der Waals surface area (Å²) < 4.78 is 5.36. The number of aromatic hydroxyl groups is 1. The number of ether oxygens (including phenoxy) is 1. The molecule has 0 unspecified atom stereocenters. The number of hydrogen-bond acceptors (Lipinski definition) is 3. The minimum atomic E-state index is 0.156. The van der Waals surface area contributed by atoms with Crippen molar-refractivity contribution in [1.82, 2.24) is 0 Å². The number of hydrogen-bond donors (Lipinski definition) is 2. The Bertz CT molecular complexity index is 599. The lowest BCUT2D eigenvalue weighted by Gasteiger charge is -2.11. The molecule has 0 aliphatic carbocycles. The van der Waals surface area contributed by atoms with Crippen LogP contribution in [0.2, 0.25) is 5.02 Å². The van der Waals surface area contributed by atoms with Gasteiger partial charge in [-0.15, -0.1) is 0 Å². The fourth-order valence-corrected chi connectivity index (χ4v) is 2.20. The molecule has 4 heteroatoms. The predicted molar refractivity (Wildman–Crippen MR) is 82.8 cm³/mol. The van der Waals surface area contributed by atoms with E-state index in [-0.39, 0.29) is 5.75 Å². The summed E-state index contributed by atoms with van der Waals surface area (Å²) in [6.45, 7) is 5.03. The summed E-state index contributed by atoms with van der Waals surface area (Å²) in [6, 6.07) is 11.2. The molecule has 2 aromatic rings. The molecule has 0 amide bonds. The third-order valence-electron chi connectivity index (χ3n) is 2.93. The fourth-order valence-electron chi connectivity index (χ4n) is 1.90. The van der Waals surface area contributed by atoms with Crippen LogP contribution >= 0.6 is 11.6 Å². The average molecular weight is 292 g/mol. The van der Waals surface area contributed by atoms with E-state index < -0.39 is 0 Å². The molecule has 0 radical (unpaired) electrons. The smallest absolute Gasteiger partial charge is 0.161 e. The van der Waals surface area contributed by atoms with Crippen molar-refractivity contribution in [2.24, 2.45) is 0 Å². The molecular formula is C16H18ClNO2. The molecule has 0 heterocycles. The van der Waals surface area contributed by atoms with Crippen LogP contribution < -0.4 is 10.1 Å². The Morgan fingerprint density at radius 2 is 2.00 bits per heavy atom. The molecule has 3 nitrogen and oxygen atoms in total. The Morgan fingerprint density at radius 3 is 2.70 bits per heavy atom. The number of aryl methyl sites for hydroxylation is 1. The van der Waals surface area contributed by atoms with E-state index in [0.717, 1.165) is 16.8 Å². The number of phenolic OH excluding ortho intramolecular Hbond substituents is 1. The van der Waals surface area contributed by atoms with Gasteiger partial charge in [0.25, 0.3) is 0 Å². The quantitative estimate of drug-likeness (QED) is 0.860. The number of benzene rings is 2. The molecule has 0 atom stereocenters. The third-order valence-corrected chi connectivity index (χ3v) is 3.24. The third kappa shape index (κ3) is 3.58. The number of halogens is 1. The van der Waals surface area contributed by atoms with Crippen molar-refractivity contribution < 1.29 is 9.84 Å². The number of rotatable bonds is 5. The SMILES string of the molecule is CCOc1cc(CNc2ccc(C)cc2Cl)ccc1O. The summed E-state index contributed by atoms with van der Waals surface area (Å²) in [6.07, 6.45) is 0. The highest BCUT2D eigenvalue weighted by Gasteiger charge is 2.05. The van der Waals surface area contributed by atoms with Crippen LogP contribution in [0.5, 0.6) is 11.5 Å². The van der Waals surface area contributed by atoms with Gasteiger partial charge in [0.2, 0.25) is 0 Å². The van der Waals surface area contributed by atoms with Gasteiger partial charge in [-0.05, 0) is 49.2 Å². The zero-order valence-electron chi connectivity index (χ0n) is 11.6. The average Bonchev–Trinajstić information content (AvgIpc) is 2.41. The number of nitrogens with one attached hydrogen (secondary N) is 1. The molecule has 2 aromatic carbocycles. The maximum Gasteiger partial charge on any atom is 0.161 e. The molecule has 0 aliphatic rings. The largest absolute Gasteiger partial charge is 0.504 e. The van der Waals surface area contributed by atoms with Crippen molar-refractivity contribution in [1.29, 1.82) is 0 Å². The standard InChI is InChI=1S/C16H18ClNO2/c1-3-20-16-9-12(5-7-15(16)19)10-18-14-6-4-11(2)8-13(14)17/h4-9,18-19H,3,10H2,1-2H3. The van der Waals surface area contributed by atoms with E-state index in [4.69, 9.17) is 16.3 Å². The van der Waals surface area contributed by atoms with Crippen LogP contribution in [-0.2, 0) is 6.54 Å². The monoisotopic (exact) mass is 291 g/mol. The van der Waals surface area contributed by atoms with E-state index >= 15 is 0 Å². The van der Waals surface area contributed by atoms with E-state index in [1.54, 1.807) is 6.07 Å². The Morgan fingerprint density at radius 1 is 1.20 bits per heavy atom. The van der Waals surface area contributed by atoms with Gasteiger partial charge < -0.3 is 15.2 Å². The summed E-state index contributed by atoms with van der Waals surface area (Å²) in [4.78, 5) is 0. The van der Waals surface area contributed by atoms with Gasteiger partial charge in [0.15, 0.2) is 11.5 Å². The van der Waals surface area contributed by atoms with Gasteiger partial charge in [0.1, 0.15) is 0 Å². The molecule has 0 bridgehead atoms. The maximum atomic E-state index is 9.66. The lowest BCUT2D eigenvalue weighted by molar-refractivity contribution is 0.318. The summed E-state index contributed by atoms with van der Waals surface area (Å²) in [5, 5.41) is 13.6. The number of phenols is 1. The first-order valence-electron chi connectivity index (χ1n) is 6.55. The molecule has 0 saturated carbocycles. The lowest BCUT2D eigenvalue weighted by Crippen LogP contribution is -2.01. The van der Waals surface area contributed by atoms with Crippen molar-refractivity contribution >= 4 is 17.3 Å². The molecule has 0 fully saturated rings. The second kappa shape index (κ2) is 6.53. The van der Waals surface area contributed by atoms with E-state index in [0.29, 0.717) is 23.9 Å². The molecule has 20 heavy (non-hydrogen) atoms. The zero-order valence-corrected chi connectivity index (χ0v) is 12.4. The second-order valence-electron chi connectivity index (χ2n) is 4.57. The molecule has 106 valence electrons. The topological polar surface area (TPSA) is 41.5 Å². The van der Waals surface area contributed by atoms with E-state index in [9.17, 15) is 5.11 Å². The minimum absolute atomic E-state index is 0.156. The molecule has 0 aromatic heterocycles. The van der Waals surface area contributed by atoms with Crippen molar-refractivity contribution in [3.8, 4) is 11.5 Å². The Hall–Kier alpha value is -1.87. The maximum absolute atomic E-state index is 9.66. The normalized spacial score (nSPS) is 10.3. The summed E-state index contributed by atoms with van der Waals surface area (Å²) in [5.74, 6) is 0.658. The van der Waals surface area contributed by atoms with Gasteiger partial charge in [-0.25, -0.2) is 0 Å². The first-order valence-corrected chi connectivity index (χ1v) is 6.92. The van der Waals surface area contributed by atoms with Crippen molar-refractivity contribution in [3.63, 3.8) is 0 Å². The van der Waals surface area contributed by atoms with Crippen molar-refractivity contribution in [2.45, 2.75) is 20.4 Å². The minimum Gasteiger partial charge on any atom is -0.504 e. The van der Waals surface area contributed by atoms with Gasteiger partial charge in [-0.3, -0.25) is 0 Å². The fraction of sp³-hybridized carbons (Fsp3) is 0.250. The first-order chi connectivity index (χ1) is 9.60. The summed E-state index contributed by atoms with van der Waals surface area (Å²) in [5.41, 5.74) is 3.04. The molecule has 0 aliphatic heterocycles. The molecule has 0 spiro atoms. The van der Waals surface area contributed by atoms with Crippen LogP contribution in [0.1, 0.15) is 18.1 Å². The Kier molecular flexibility index (Phi) is 4.74. The molecule has 2 N–H and O–H groups in total. The predicted octanol–water partition coefficient (Wildman–Crippen LogP) is 4.36. The lowest BCUT2D eigenvalue weighted by atomic mass is 10.2. The molecule has 0 saturated heterocycles. The van der Waals surface area contributed by atoms with Gasteiger partial charge in [-0.1, -0.05) is 23.7 Å². The van der Waals surface area contributed by atoms with Crippen LogP contribution in [0.4, 0.5) is 5.69 Å². The van der Waals surface area contributed by atoms with Crippen LogP contribution in [0.25, 0.3) is 0 Å². The molecular weight excluding hydrogens is 274 g/mol. The van der Waals surface area contributed by atoms with Crippen LogP contribution in [-0.4, -0.2) is 11.7 Å². The van der Waals surface area contributed by atoms with Crippen LogP contribution in [0, 0.1) is 6.92 Å². The molecule has 2 rings (SSSR count). The van der Waals surface area contributed by atoms with Crippen molar-refractivity contribution in [2.75, 3.05) is 11.9 Å². The Labute approximate surface area is 124 Å². The summed E-state index contributed by atoms with van der Waals surface area (Å²) >= 11 is 6.17. The first kappa shape index (κ1) is 14.5. The van der Waals surface area contributed by atoms with Gasteiger partial charge in [-0.2, -0.15) is 0 Å². The van der Waals surface area contributed by atoms with Crippen molar-refractivity contribution in [3.05, 3.63) is 52.5 Å². The van der Waals surface area contributed by atoms with Gasteiger partial charge in [0.05, 0.1) is 17.3 Å². The summed E-state index contributed by atoms with van der Waals surface area (Å²) in [7, 11) is 0. The zero-order chi connectivity index (χ0) is 14.5. The van der Waals surface area contributed by atoms with E-state index in [1.165, 1.54) is 0 Å². The van der Waals surface area contributed by atoms with Crippen LogP contribution in [0.15, 0.2) is 36.4 Å². The van der Waals surface area contributed by atoms with Gasteiger partial charge >= 0.3 is 0 Å². The number of anilines is 1. The van der Waals surface area contributed by atoms with Gasteiger partial charge in [0, 0.05) is 6.54 Å². The van der Waals surface area contributed by atoms with Crippen LogP contribution in [0.3, 0.4) is 0 Å². The highest BCUT2D eigenvalue weighted by atomic mass is 35.5. The Balaban J connectivity index is 2.08.